The third-order valence-electron chi connectivity index (χ3n) is 7.97. The van der Waals surface area contributed by atoms with Gasteiger partial charge in [-0.1, -0.05) is 18.7 Å². The summed E-state index contributed by atoms with van der Waals surface area (Å²) in [5.74, 6) is 2.49. The Morgan fingerprint density at radius 3 is 2.50 bits per heavy atom. The highest BCUT2D eigenvalue weighted by Gasteiger charge is 2.35. The zero-order valence-corrected chi connectivity index (χ0v) is 23.4. The van der Waals surface area contributed by atoms with Crippen molar-refractivity contribution < 1.29 is 0 Å². The minimum atomic E-state index is 0.462. The molecule has 0 aliphatic heterocycles. The standard InChI is InChI=1S/C31H33N9/c1-17(2)25-14-26(36-40(25)5)33-15-23-21(7-6-8-24(23)32)28-29(19-11-12-19)39(4)31(35-28)22-13-20-16-38(3)37-30(20)34-27(22)18-9-10-18/h6-8,13-16,18-19H,1,9-12,32H2,2-5H3. The highest BCUT2D eigenvalue weighted by molar-refractivity contribution is 5.97. The first-order valence-corrected chi connectivity index (χ1v) is 13.8. The molecule has 9 heteroatoms. The number of pyridine rings is 1. The number of aliphatic imine (C=N–C) groups is 1. The van der Waals surface area contributed by atoms with E-state index in [1.54, 1.807) is 4.68 Å². The Morgan fingerprint density at radius 1 is 1.02 bits per heavy atom. The Bertz CT molecular complexity index is 1840. The number of allylic oxidation sites excluding steroid dienone is 1. The molecule has 0 unspecified atom stereocenters. The van der Waals surface area contributed by atoms with Crippen LogP contribution in [0.4, 0.5) is 11.5 Å². The van der Waals surface area contributed by atoms with Gasteiger partial charge in [0.2, 0.25) is 0 Å². The van der Waals surface area contributed by atoms with E-state index in [-0.39, 0.29) is 0 Å². The van der Waals surface area contributed by atoms with E-state index in [9.17, 15) is 0 Å². The second kappa shape index (κ2) is 9.01. The van der Waals surface area contributed by atoms with E-state index in [0.29, 0.717) is 23.3 Å². The van der Waals surface area contributed by atoms with E-state index in [1.165, 1.54) is 5.69 Å². The highest BCUT2D eigenvalue weighted by atomic mass is 15.3. The van der Waals surface area contributed by atoms with Gasteiger partial charge in [-0.3, -0.25) is 9.36 Å². The molecule has 0 radical (unpaired) electrons. The fourth-order valence-electron chi connectivity index (χ4n) is 5.69. The number of anilines is 1. The molecule has 2 saturated carbocycles. The van der Waals surface area contributed by atoms with Crippen LogP contribution < -0.4 is 5.73 Å². The molecule has 4 aromatic heterocycles. The fourth-order valence-corrected chi connectivity index (χ4v) is 5.69. The molecule has 0 bridgehead atoms. The van der Waals surface area contributed by atoms with Crippen LogP contribution in [-0.4, -0.2) is 40.3 Å². The van der Waals surface area contributed by atoms with Crippen LogP contribution in [0.3, 0.4) is 0 Å². The molecule has 1 aromatic carbocycles. The predicted octanol–water partition coefficient (Wildman–Crippen LogP) is 5.89. The first kappa shape index (κ1) is 24.5. The Kier molecular flexibility index (Phi) is 5.52. The predicted molar refractivity (Wildman–Crippen MR) is 160 cm³/mol. The molecule has 0 saturated heterocycles. The van der Waals surface area contributed by atoms with Gasteiger partial charge in [0.15, 0.2) is 11.5 Å². The Hall–Kier alpha value is -4.53. The van der Waals surface area contributed by atoms with Crippen molar-refractivity contribution in [2.45, 2.75) is 44.4 Å². The number of aryl methyl sites for hydroxylation is 2. The second-order valence-corrected chi connectivity index (χ2v) is 11.3. The average Bonchev–Trinajstić information content (AvgIpc) is 3.83. The van der Waals surface area contributed by atoms with Crippen molar-refractivity contribution in [2.75, 3.05) is 5.73 Å². The van der Waals surface area contributed by atoms with Gasteiger partial charge in [0.1, 0.15) is 5.82 Å². The summed E-state index contributed by atoms with van der Waals surface area (Å²) in [4.78, 5) is 15.1. The first-order chi connectivity index (χ1) is 19.3. The summed E-state index contributed by atoms with van der Waals surface area (Å²) in [6.45, 7) is 6.00. The molecule has 9 nitrogen and oxygen atoms in total. The molecular formula is C31H33N9. The van der Waals surface area contributed by atoms with Crippen molar-refractivity contribution in [1.29, 1.82) is 0 Å². The van der Waals surface area contributed by atoms with Crippen LogP contribution in [-0.2, 0) is 21.1 Å². The van der Waals surface area contributed by atoms with Crippen molar-refractivity contribution in [3.8, 4) is 22.6 Å². The molecule has 0 atom stereocenters. The highest BCUT2D eigenvalue weighted by Crippen LogP contribution is 2.48. The van der Waals surface area contributed by atoms with Crippen molar-refractivity contribution in [1.82, 2.24) is 34.1 Å². The number of rotatable bonds is 7. The number of imidazole rings is 1. The van der Waals surface area contributed by atoms with E-state index in [4.69, 9.17) is 20.7 Å². The molecule has 202 valence electrons. The van der Waals surface area contributed by atoms with Gasteiger partial charge in [-0.2, -0.15) is 10.2 Å². The molecule has 2 N–H and O–H groups in total. The number of nitrogen functional groups attached to an aromatic ring is 1. The summed E-state index contributed by atoms with van der Waals surface area (Å²) >= 11 is 0. The maximum atomic E-state index is 6.56. The normalized spacial score (nSPS) is 15.5. The summed E-state index contributed by atoms with van der Waals surface area (Å²) < 4.78 is 5.90. The molecule has 0 amide bonds. The van der Waals surface area contributed by atoms with Gasteiger partial charge in [-0.25, -0.2) is 15.0 Å². The number of nitrogens with two attached hydrogens (primary N) is 1. The van der Waals surface area contributed by atoms with E-state index in [0.717, 1.165) is 81.9 Å². The Balaban J connectivity index is 1.38. The number of aromatic nitrogens is 7. The number of fused-ring (bicyclic) bond motifs is 1. The minimum Gasteiger partial charge on any atom is -0.398 e. The largest absolute Gasteiger partial charge is 0.398 e. The number of benzene rings is 1. The van der Waals surface area contributed by atoms with Crippen LogP contribution in [0.5, 0.6) is 0 Å². The Labute approximate surface area is 233 Å². The summed E-state index contributed by atoms with van der Waals surface area (Å²) in [6, 6.07) is 10.2. The number of hydrogen-bond acceptors (Lipinski definition) is 6. The quantitative estimate of drug-likeness (QED) is 0.208. The molecular weight excluding hydrogens is 498 g/mol. The summed E-state index contributed by atoms with van der Waals surface area (Å²) in [5, 5.41) is 10.1. The smallest absolute Gasteiger partial charge is 0.181 e. The topological polar surface area (TPSA) is 105 Å². The number of nitrogens with zero attached hydrogens (tertiary/aromatic N) is 8. The maximum absolute atomic E-state index is 6.56. The van der Waals surface area contributed by atoms with E-state index >= 15 is 0 Å². The summed E-state index contributed by atoms with van der Waals surface area (Å²) in [6.07, 6.45) is 8.47. The molecule has 5 aromatic rings. The van der Waals surface area contributed by atoms with Crippen LogP contribution >= 0.6 is 0 Å². The molecule has 40 heavy (non-hydrogen) atoms. The van der Waals surface area contributed by atoms with Gasteiger partial charge in [0.05, 0.1) is 17.1 Å². The van der Waals surface area contributed by atoms with E-state index in [2.05, 4.69) is 40.5 Å². The van der Waals surface area contributed by atoms with Gasteiger partial charge < -0.3 is 10.3 Å². The van der Waals surface area contributed by atoms with Crippen LogP contribution in [0.15, 0.2) is 48.1 Å². The van der Waals surface area contributed by atoms with Gasteiger partial charge in [-0.15, -0.1) is 0 Å². The fraction of sp³-hybridized carbons (Fsp3) is 0.323. The lowest BCUT2D eigenvalue weighted by molar-refractivity contribution is 0.757. The van der Waals surface area contributed by atoms with E-state index in [1.807, 2.05) is 56.3 Å². The lowest BCUT2D eigenvalue weighted by Gasteiger charge is -2.10. The molecule has 2 fully saturated rings. The third kappa shape index (κ3) is 4.13. The maximum Gasteiger partial charge on any atom is 0.181 e. The van der Waals surface area contributed by atoms with Crippen molar-refractivity contribution >= 4 is 34.3 Å². The van der Waals surface area contributed by atoms with Crippen molar-refractivity contribution in [3.05, 3.63) is 65.8 Å². The minimum absolute atomic E-state index is 0.462. The van der Waals surface area contributed by atoms with Crippen molar-refractivity contribution in [2.24, 2.45) is 26.1 Å². The lowest BCUT2D eigenvalue weighted by Crippen LogP contribution is -2.02. The second-order valence-electron chi connectivity index (χ2n) is 11.3. The Morgan fingerprint density at radius 2 is 1.80 bits per heavy atom. The lowest BCUT2D eigenvalue weighted by atomic mass is 10.0. The molecule has 4 heterocycles. The monoisotopic (exact) mass is 531 g/mol. The van der Waals surface area contributed by atoms with Crippen LogP contribution in [0.2, 0.25) is 0 Å². The van der Waals surface area contributed by atoms with Gasteiger partial charge in [0, 0.05) is 84.9 Å². The number of hydrogen-bond donors (Lipinski definition) is 1. The zero-order chi connectivity index (χ0) is 27.7. The first-order valence-electron chi connectivity index (χ1n) is 13.8. The molecule has 2 aliphatic rings. The third-order valence-corrected chi connectivity index (χ3v) is 7.97. The van der Waals surface area contributed by atoms with Gasteiger partial charge in [-0.05, 0) is 50.3 Å². The van der Waals surface area contributed by atoms with Crippen LogP contribution in [0, 0.1) is 0 Å². The van der Waals surface area contributed by atoms with Gasteiger partial charge >= 0.3 is 0 Å². The van der Waals surface area contributed by atoms with Crippen LogP contribution in [0.1, 0.15) is 67.1 Å². The SMILES string of the molecule is C=C(C)c1cc(N=Cc2c(N)cccc2-c2nc(-c3cc4cn(C)nc4nc3C3CC3)n(C)c2C2CC2)nn1C. The molecule has 7 rings (SSSR count). The van der Waals surface area contributed by atoms with Crippen LogP contribution in [0.25, 0.3) is 39.3 Å². The van der Waals surface area contributed by atoms with Gasteiger partial charge in [0.25, 0.3) is 0 Å². The van der Waals surface area contributed by atoms with E-state index < -0.39 is 0 Å². The molecule has 0 spiro atoms. The zero-order valence-electron chi connectivity index (χ0n) is 23.4. The molecule has 2 aliphatic carbocycles. The van der Waals surface area contributed by atoms with Crippen molar-refractivity contribution in [3.63, 3.8) is 0 Å². The summed E-state index contributed by atoms with van der Waals surface area (Å²) in [5.41, 5.74) is 16.1. The summed E-state index contributed by atoms with van der Waals surface area (Å²) in [7, 11) is 5.97. The average molecular weight is 532 g/mol.